The standard InChI is InChI=1S/C18H27FN4/c1-20-18(22(2)12-14-4-3-5-16(19)10-14)21-11-15-8-9-23(13-15)17-6-7-17/h3-5,10,15,17H,6-9,11-13H2,1-2H3,(H,20,21). The maximum Gasteiger partial charge on any atom is 0.193 e. The van der Waals surface area contributed by atoms with E-state index in [9.17, 15) is 4.39 Å². The molecule has 1 aromatic carbocycles. The fourth-order valence-electron chi connectivity index (χ4n) is 3.40. The zero-order valence-electron chi connectivity index (χ0n) is 14.1. The summed E-state index contributed by atoms with van der Waals surface area (Å²) in [5.74, 6) is 1.39. The number of benzene rings is 1. The van der Waals surface area contributed by atoms with Gasteiger partial charge in [-0.15, -0.1) is 0 Å². The second kappa shape index (κ2) is 7.30. The van der Waals surface area contributed by atoms with E-state index in [-0.39, 0.29) is 5.82 Å². The normalized spacial score (nSPS) is 22.4. The van der Waals surface area contributed by atoms with Crippen molar-refractivity contribution in [3.8, 4) is 0 Å². The van der Waals surface area contributed by atoms with Crippen molar-refractivity contribution in [3.63, 3.8) is 0 Å². The Morgan fingerprint density at radius 3 is 2.91 bits per heavy atom. The molecule has 5 heteroatoms. The highest BCUT2D eigenvalue weighted by atomic mass is 19.1. The molecule has 4 nitrogen and oxygen atoms in total. The maximum absolute atomic E-state index is 13.3. The molecule has 2 aliphatic rings. The number of likely N-dealkylation sites (tertiary alicyclic amines) is 1. The second-order valence-electron chi connectivity index (χ2n) is 6.79. The molecule has 0 spiro atoms. The van der Waals surface area contributed by atoms with Crippen molar-refractivity contribution < 1.29 is 4.39 Å². The highest BCUT2D eigenvalue weighted by Gasteiger charge is 2.34. The first kappa shape index (κ1) is 16.2. The lowest BCUT2D eigenvalue weighted by molar-refractivity contribution is 0.313. The van der Waals surface area contributed by atoms with Crippen molar-refractivity contribution in [1.82, 2.24) is 15.1 Å². The summed E-state index contributed by atoms with van der Waals surface area (Å²) < 4.78 is 13.3. The van der Waals surface area contributed by atoms with Gasteiger partial charge in [-0.1, -0.05) is 12.1 Å². The van der Waals surface area contributed by atoms with Gasteiger partial charge in [-0.05, 0) is 49.4 Å². The maximum atomic E-state index is 13.3. The van der Waals surface area contributed by atoms with Crippen LogP contribution < -0.4 is 5.32 Å². The van der Waals surface area contributed by atoms with Crippen LogP contribution in [0.25, 0.3) is 0 Å². The van der Waals surface area contributed by atoms with E-state index < -0.39 is 0 Å². The Morgan fingerprint density at radius 2 is 2.22 bits per heavy atom. The van der Waals surface area contributed by atoms with E-state index in [1.54, 1.807) is 19.2 Å². The Labute approximate surface area is 138 Å². The number of nitrogens with zero attached hydrogens (tertiary/aromatic N) is 3. The van der Waals surface area contributed by atoms with Crippen LogP contribution in [0.5, 0.6) is 0 Å². The molecule has 126 valence electrons. The second-order valence-corrected chi connectivity index (χ2v) is 6.79. The van der Waals surface area contributed by atoms with Crippen molar-refractivity contribution in [1.29, 1.82) is 0 Å². The molecule has 3 rings (SSSR count). The Balaban J connectivity index is 1.47. The van der Waals surface area contributed by atoms with Crippen molar-refractivity contribution in [2.75, 3.05) is 33.7 Å². The number of nitrogens with one attached hydrogen (secondary N) is 1. The Morgan fingerprint density at radius 1 is 1.39 bits per heavy atom. The monoisotopic (exact) mass is 318 g/mol. The summed E-state index contributed by atoms with van der Waals surface area (Å²) in [5, 5.41) is 3.48. The van der Waals surface area contributed by atoms with Crippen LogP contribution in [0.15, 0.2) is 29.3 Å². The van der Waals surface area contributed by atoms with Gasteiger partial charge in [0.25, 0.3) is 0 Å². The van der Waals surface area contributed by atoms with Crippen molar-refractivity contribution in [2.45, 2.75) is 31.8 Å². The van der Waals surface area contributed by atoms with Gasteiger partial charge in [0.15, 0.2) is 5.96 Å². The summed E-state index contributed by atoms with van der Waals surface area (Å²) >= 11 is 0. The SMILES string of the molecule is CN=C(NCC1CCN(C2CC2)C1)N(C)Cc1cccc(F)c1. The number of aliphatic imine (C=N–C) groups is 1. The minimum atomic E-state index is -0.190. The minimum absolute atomic E-state index is 0.190. The molecule has 1 N–H and O–H groups in total. The quantitative estimate of drug-likeness (QED) is 0.668. The topological polar surface area (TPSA) is 30.9 Å². The molecule has 0 radical (unpaired) electrons. The lowest BCUT2D eigenvalue weighted by Gasteiger charge is -2.23. The first-order valence-corrected chi connectivity index (χ1v) is 8.56. The molecular formula is C18H27FN4. The highest BCUT2D eigenvalue weighted by molar-refractivity contribution is 5.79. The molecule has 0 aromatic heterocycles. The van der Waals surface area contributed by atoms with Crippen LogP contribution >= 0.6 is 0 Å². The molecule has 1 saturated heterocycles. The predicted octanol–water partition coefficient (Wildman–Crippen LogP) is 2.32. The lowest BCUT2D eigenvalue weighted by atomic mass is 10.1. The summed E-state index contributed by atoms with van der Waals surface area (Å²) in [4.78, 5) is 9.03. The molecule has 1 aliphatic carbocycles. The third kappa shape index (κ3) is 4.44. The van der Waals surface area contributed by atoms with Gasteiger partial charge in [0.2, 0.25) is 0 Å². The van der Waals surface area contributed by atoms with Gasteiger partial charge in [0.05, 0.1) is 0 Å². The largest absolute Gasteiger partial charge is 0.356 e. The summed E-state index contributed by atoms with van der Waals surface area (Å²) in [5.41, 5.74) is 0.955. The number of halogens is 1. The molecule has 1 atom stereocenters. The molecule has 1 unspecified atom stereocenters. The molecule has 0 bridgehead atoms. The third-order valence-electron chi connectivity index (χ3n) is 4.81. The highest BCUT2D eigenvalue weighted by Crippen LogP contribution is 2.31. The van der Waals surface area contributed by atoms with Gasteiger partial charge >= 0.3 is 0 Å². The first-order chi connectivity index (χ1) is 11.2. The van der Waals surface area contributed by atoms with Crippen LogP contribution in [0.2, 0.25) is 0 Å². The fraction of sp³-hybridized carbons (Fsp3) is 0.611. The van der Waals surface area contributed by atoms with Crippen LogP contribution in [0.3, 0.4) is 0 Å². The van der Waals surface area contributed by atoms with E-state index in [0.717, 1.165) is 24.1 Å². The van der Waals surface area contributed by atoms with E-state index in [2.05, 4.69) is 15.2 Å². The van der Waals surface area contributed by atoms with Crippen molar-refractivity contribution in [3.05, 3.63) is 35.6 Å². The molecular weight excluding hydrogens is 291 g/mol. The Hall–Kier alpha value is -1.62. The minimum Gasteiger partial charge on any atom is -0.356 e. The van der Waals surface area contributed by atoms with Crippen LogP contribution in [-0.2, 0) is 6.54 Å². The molecule has 1 saturated carbocycles. The Kier molecular flexibility index (Phi) is 5.16. The molecule has 1 aromatic rings. The number of hydrogen-bond acceptors (Lipinski definition) is 2. The molecule has 1 heterocycles. The summed E-state index contributed by atoms with van der Waals surface area (Å²) in [6, 6.07) is 7.61. The van der Waals surface area contributed by atoms with Crippen molar-refractivity contribution >= 4 is 5.96 Å². The molecule has 1 aliphatic heterocycles. The summed E-state index contributed by atoms with van der Waals surface area (Å²) in [7, 11) is 3.79. The smallest absolute Gasteiger partial charge is 0.193 e. The lowest BCUT2D eigenvalue weighted by Crippen LogP contribution is -2.41. The van der Waals surface area contributed by atoms with E-state index in [1.807, 2.05) is 18.0 Å². The van der Waals surface area contributed by atoms with Gasteiger partial charge in [0, 0.05) is 39.8 Å². The summed E-state index contributed by atoms with van der Waals surface area (Å²) in [6.07, 6.45) is 4.05. The van der Waals surface area contributed by atoms with Crippen LogP contribution in [0.4, 0.5) is 4.39 Å². The molecule has 0 amide bonds. The van der Waals surface area contributed by atoms with E-state index in [0.29, 0.717) is 12.5 Å². The predicted molar refractivity (Wildman–Crippen MR) is 91.9 cm³/mol. The summed E-state index contributed by atoms with van der Waals surface area (Å²) in [6.45, 7) is 4.07. The average molecular weight is 318 g/mol. The van der Waals surface area contributed by atoms with Crippen LogP contribution in [0.1, 0.15) is 24.8 Å². The van der Waals surface area contributed by atoms with Gasteiger partial charge in [0.1, 0.15) is 5.82 Å². The number of rotatable bonds is 5. The average Bonchev–Trinajstić information content (AvgIpc) is 3.27. The van der Waals surface area contributed by atoms with Gasteiger partial charge in [-0.25, -0.2) is 4.39 Å². The van der Waals surface area contributed by atoms with Crippen LogP contribution in [-0.4, -0.2) is 55.5 Å². The van der Waals surface area contributed by atoms with Crippen molar-refractivity contribution in [2.24, 2.45) is 10.9 Å². The van der Waals surface area contributed by atoms with Gasteiger partial charge in [-0.2, -0.15) is 0 Å². The zero-order chi connectivity index (χ0) is 16.2. The molecule has 23 heavy (non-hydrogen) atoms. The number of hydrogen-bond donors (Lipinski definition) is 1. The zero-order valence-corrected chi connectivity index (χ0v) is 14.1. The third-order valence-corrected chi connectivity index (χ3v) is 4.81. The fourth-order valence-corrected chi connectivity index (χ4v) is 3.40. The van der Waals surface area contributed by atoms with Gasteiger partial charge < -0.3 is 15.1 Å². The van der Waals surface area contributed by atoms with Crippen LogP contribution in [0, 0.1) is 11.7 Å². The van der Waals surface area contributed by atoms with Gasteiger partial charge in [-0.3, -0.25) is 4.99 Å². The molecule has 2 fully saturated rings. The van der Waals surface area contributed by atoms with E-state index in [4.69, 9.17) is 0 Å². The van der Waals surface area contributed by atoms with E-state index >= 15 is 0 Å². The van der Waals surface area contributed by atoms with E-state index in [1.165, 1.54) is 38.4 Å². The first-order valence-electron chi connectivity index (χ1n) is 8.56. The Bertz CT molecular complexity index is 556. The number of guanidine groups is 1.